The van der Waals surface area contributed by atoms with Crippen molar-refractivity contribution >= 4 is 35.0 Å². The third kappa shape index (κ3) is 6.58. The van der Waals surface area contributed by atoms with Crippen LogP contribution in [0.4, 0.5) is 32.2 Å². The molecule has 2 aromatic heterocycles. The van der Waals surface area contributed by atoms with Crippen LogP contribution >= 0.6 is 0 Å². The fraction of sp³-hybridized carbons (Fsp3) is 0.237. The van der Waals surface area contributed by atoms with Crippen LogP contribution in [0.25, 0.3) is 11.3 Å². The number of amides is 2. The number of carbonyl (C=O) groups is 2. The van der Waals surface area contributed by atoms with E-state index in [1.54, 1.807) is 34.7 Å². The van der Waals surface area contributed by atoms with Crippen LogP contribution in [0.3, 0.4) is 0 Å². The highest BCUT2D eigenvalue weighted by atomic mass is 19.1. The predicted molar refractivity (Wildman–Crippen MR) is 188 cm³/mol. The topological polar surface area (TPSA) is 128 Å². The Labute approximate surface area is 288 Å². The van der Waals surface area contributed by atoms with Gasteiger partial charge in [-0.15, -0.1) is 0 Å². The summed E-state index contributed by atoms with van der Waals surface area (Å²) in [7, 11) is 0. The van der Waals surface area contributed by atoms with Crippen molar-refractivity contribution in [2.75, 3.05) is 41.7 Å². The molecule has 0 saturated carbocycles. The minimum Gasteiger partial charge on any atom is -0.445 e. The van der Waals surface area contributed by atoms with E-state index in [2.05, 4.69) is 37.8 Å². The van der Waals surface area contributed by atoms with Gasteiger partial charge in [0.05, 0.1) is 0 Å². The van der Waals surface area contributed by atoms with Crippen LogP contribution in [0.1, 0.15) is 38.3 Å². The molecule has 11 nitrogen and oxygen atoms in total. The van der Waals surface area contributed by atoms with Crippen molar-refractivity contribution in [2.24, 2.45) is 0 Å². The molecule has 1 fully saturated rings. The monoisotopic (exact) mass is 670 g/mol. The number of pyridine rings is 1. The average molecular weight is 671 g/mol. The first-order valence-corrected chi connectivity index (χ1v) is 16.4. The van der Waals surface area contributed by atoms with Crippen LogP contribution in [0.15, 0.2) is 78.9 Å². The van der Waals surface area contributed by atoms with E-state index in [0.29, 0.717) is 56.3 Å². The van der Waals surface area contributed by atoms with Crippen LogP contribution in [0.2, 0.25) is 0 Å². The van der Waals surface area contributed by atoms with E-state index in [1.807, 2.05) is 55.5 Å². The molecule has 3 aromatic carbocycles. The molecular weight excluding hydrogens is 635 g/mol. The summed E-state index contributed by atoms with van der Waals surface area (Å²) >= 11 is 0. The maximum absolute atomic E-state index is 15.7. The van der Waals surface area contributed by atoms with E-state index in [9.17, 15) is 14.9 Å². The number of benzene rings is 3. The molecule has 0 bridgehead atoms. The zero-order valence-corrected chi connectivity index (χ0v) is 27.7. The molecule has 0 spiro atoms. The predicted octanol–water partition coefficient (Wildman–Crippen LogP) is 6.58. The molecular formula is C38H35FN8O3. The number of ether oxygens (including phenoxy) is 1. The fourth-order valence-electron chi connectivity index (χ4n) is 6.37. The lowest BCUT2D eigenvalue weighted by Gasteiger charge is -2.35. The first-order chi connectivity index (χ1) is 24.3. The van der Waals surface area contributed by atoms with Crippen molar-refractivity contribution in [2.45, 2.75) is 33.4 Å². The number of rotatable bonds is 6. The van der Waals surface area contributed by atoms with E-state index in [-0.39, 0.29) is 35.1 Å². The van der Waals surface area contributed by atoms with E-state index < -0.39 is 11.7 Å². The van der Waals surface area contributed by atoms with E-state index >= 15 is 4.39 Å². The van der Waals surface area contributed by atoms with Crippen molar-refractivity contribution in [3.05, 3.63) is 118 Å². The Morgan fingerprint density at radius 1 is 0.980 bits per heavy atom. The summed E-state index contributed by atoms with van der Waals surface area (Å²) in [4.78, 5) is 33.9. The number of hydrogen-bond acceptors (Lipinski definition) is 8. The number of fused-ring (bicyclic) bond motifs is 2. The van der Waals surface area contributed by atoms with Crippen LogP contribution < -0.4 is 15.5 Å². The molecule has 0 aliphatic carbocycles. The lowest BCUT2D eigenvalue weighted by atomic mass is 10.00. The molecule has 2 amide bonds. The number of carbonyl (C=O) groups excluding carboxylic acids is 2. The van der Waals surface area contributed by atoms with Crippen molar-refractivity contribution < 1.29 is 18.7 Å². The quantitative estimate of drug-likeness (QED) is 0.207. The Bertz CT molecular complexity index is 2130. The number of piperazine rings is 1. The molecule has 1 saturated heterocycles. The Kier molecular flexibility index (Phi) is 8.87. The Hall–Kier alpha value is -6.22. The number of nitriles is 1. The van der Waals surface area contributed by atoms with Crippen molar-refractivity contribution in [1.29, 1.82) is 5.26 Å². The van der Waals surface area contributed by atoms with Gasteiger partial charge in [-0.05, 0) is 79.4 Å². The minimum atomic E-state index is -0.655. The summed E-state index contributed by atoms with van der Waals surface area (Å²) in [5.41, 5.74) is 5.92. The van der Waals surface area contributed by atoms with Gasteiger partial charge < -0.3 is 25.2 Å². The number of nitrogens with zero attached hydrogens (tertiary/aromatic N) is 6. The number of hydrogen-bond donors (Lipinski definition) is 2. The third-order valence-electron chi connectivity index (χ3n) is 9.05. The Balaban J connectivity index is 1.04. The van der Waals surface area contributed by atoms with Gasteiger partial charge in [0.25, 0.3) is 5.91 Å². The number of aryl methyl sites for hydroxylation is 4. The zero-order valence-electron chi connectivity index (χ0n) is 27.7. The molecule has 7 rings (SSSR count). The van der Waals surface area contributed by atoms with Gasteiger partial charge in [0.2, 0.25) is 0 Å². The second-order valence-electron chi connectivity index (χ2n) is 12.4. The fourth-order valence-corrected chi connectivity index (χ4v) is 6.37. The summed E-state index contributed by atoms with van der Waals surface area (Å²) in [6.45, 7) is 6.71. The highest BCUT2D eigenvalue weighted by Gasteiger charge is 2.27. The summed E-state index contributed by atoms with van der Waals surface area (Å²) in [6.07, 6.45) is 0.322. The molecule has 2 aliphatic heterocycles. The second kappa shape index (κ2) is 13.7. The number of nitrogens with one attached hydrogen (secondary N) is 2. The summed E-state index contributed by atoms with van der Waals surface area (Å²) in [5.74, 6) is -0.271. The van der Waals surface area contributed by atoms with E-state index in [4.69, 9.17) is 4.74 Å². The van der Waals surface area contributed by atoms with Crippen molar-refractivity contribution in [1.82, 2.24) is 19.7 Å². The van der Waals surface area contributed by atoms with Gasteiger partial charge in [-0.25, -0.2) is 18.9 Å². The molecule has 0 radical (unpaired) electrons. The maximum atomic E-state index is 15.7. The number of anilines is 4. The van der Waals surface area contributed by atoms with Crippen LogP contribution in [0.5, 0.6) is 0 Å². The minimum absolute atomic E-state index is 0.144. The summed E-state index contributed by atoms with van der Waals surface area (Å²) in [5, 5.41) is 21.0. The number of halogens is 1. The molecule has 12 heteroatoms. The van der Waals surface area contributed by atoms with Gasteiger partial charge in [-0.3, -0.25) is 4.79 Å². The van der Waals surface area contributed by atoms with Gasteiger partial charge in [0.1, 0.15) is 41.4 Å². The zero-order chi connectivity index (χ0) is 34.8. The molecule has 0 unspecified atom stereocenters. The normalized spacial score (nSPS) is 13.7. The third-order valence-corrected chi connectivity index (χ3v) is 9.05. The highest BCUT2D eigenvalue weighted by molar-refractivity contribution is 6.05. The standard InChI is InChI=1S/C38H35FN8O3/c1-24-19-30(32(39)21-29(24)37(48)43-34-10-6-7-25(2)41-34)35-31(22-40)36-42-33-12-11-28(20-27(33)13-14-47(36)44-35)45-15-17-46(18-16-45)38(49)50-23-26-8-4-3-5-9-26/h3-12,19-21,42H,13-18,23H2,1-2H3,(H,41,43,48). The van der Waals surface area contributed by atoms with Crippen LogP contribution in [-0.4, -0.2) is 57.8 Å². The molecule has 252 valence electrons. The molecule has 2 aliphatic rings. The lowest BCUT2D eigenvalue weighted by Crippen LogP contribution is -2.49. The highest BCUT2D eigenvalue weighted by Crippen LogP contribution is 2.37. The van der Waals surface area contributed by atoms with Crippen LogP contribution in [-0.2, 0) is 24.3 Å². The van der Waals surface area contributed by atoms with Gasteiger partial charge in [0.15, 0.2) is 0 Å². The van der Waals surface area contributed by atoms with Crippen LogP contribution in [0, 0.1) is 31.0 Å². The molecule has 4 heterocycles. The van der Waals surface area contributed by atoms with Gasteiger partial charge in [0, 0.05) is 60.9 Å². The lowest BCUT2D eigenvalue weighted by molar-refractivity contribution is 0.0941. The van der Waals surface area contributed by atoms with Crippen molar-refractivity contribution in [3.8, 4) is 17.3 Å². The number of aromatic nitrogens is 3. The SMILES string of the molecule is Cc1cccc(NC(=O)c2cc(F)c(-c3nn4c(c3C#N)Nc3ccc(N5CCN(C(=O)OCc6ccccc6)CC5)cc3CC4)cc2C)n1. The van der Waals surface area contributed by atoms with E-state index in [1.165, 1.54) is 6.07 Å². The van der Waals surface area contributed by atoms with Crippen molar-refractivity contribution in [3.63, 3.8) is 0 Å². The molecule has 0 atom stereocenters. The van der Waals surface area contributed by atoms with E-state index in [0.717, 1.165) is 28.2 Å². The average Bonchev–Trinajstić information content (AvgIpc) is 3.37. The molecule has 2 N–H and O–H groups in total. The van der Waals surface area contributed by atoms with Gasteiger partial charge >= 0.3 is 6.09 Å². The largest absolute Gasteiger partial charge is 0.445 e. The maximum Gasteiger partial charge on any atom is 0.410 e. The van der Waals surface area contributed by atoms with Gasteiger partial charge in [-0.2, -0.15) is 10.4 Å². The summed E-state index contributed by atoms with van der Waals surface area (Å²) < 4.78 is 22.9. The smallest absolute Gasteiger partial charge is 0.410 e. The summed E-state index contributed by atoms with van der Waals surface area (Å²) in [6, 6.07) is 26.0. The Morgan fingerprint density at radius 3 is 2.54 bits per heavy atom. The first-order valence-electron chi connectivity index (χ1n) is 16.4. The second-order valence-corrected chi connectivity index (χ2v) is 12.4. The molecule has 50 heavy (non-hydrogen) atoms. The molecule has 5 aromatic rings. The first kappa shape index (κ1) is 32.3. The van der Waals surface area contributed by atoms with Gasteiger partial charge in [-0.1, -0.05) is 36.4 Å². The Morgan fingerprint density at radius 2 is 1.78 bits per heavy atom.